The van der Waals surface area contributed by atoms with Crippen molar-refractivity contribution in [3.05, 3.63) is 53.9 Å². The van der Waals surface area contributed by atoms with E-state index in [9.17, 15) is 21.6 Å². The summed E-state index contributed by atoms with van der Waals surface area (Å²) in [6, 6.07) is 5.24. The number of anilines is 1. The van der Waals surface area contributed by atoms with Gasteiger partial charge in [0.25, 0.3) is 0 Å². The number of halogens is 3. The summed E-state index contributed by atoms with van der Waals surface area (Å²) in [4.78, 5) is 3.45. The van der Waals surface area contributed by atoms with Crippen molar-refractivity contribution in [2.75, 3.05) is 5.73 Å². The van der Waals surface area contributed by atoms with E-state index in [0.717, 1.165) is 6.07 Å². The minimum atomic E-state index is -4.57. The lowest BCUT2D eigenvalue weighted by molar-refractivity contribution is -0.137. The maximum absolute atomic E-state index is 12.5. The monoisotopic (exact) mass is 316 g/mol. The standard InChI is InChI=1S/C13H11F3N2O2S/c14-13(15,16)10-1-2-12(11(17)7-10)21(19,20)8-9-3-5-18-6-4-9/h1-7H,8,17H2. The molecule has 0 aliphatic rings. The van der Waals surface area contributed by atoms with E-state index in [1.165, 1.54) is 24.5 Å². The zero-order valence-corrected chi connectivity index (χ0v) is 11.4. The molecular formula is C13H11F3N2O2S. The Labute approximate surface area is 119 Å². The molecule has 2 N–H and O–H groups in total. The van der Waals surface area contributed by atoms with Gasteiger partial charge in [-0.3, -0.25) is 4.98 Å². The first kappa shape index (κ1) is 15.3. The molecule has 0 radical (unpaired) electrons. The molecule has 21 heavy (non-hydrogen) atoms. The van der Waals surface area contributed by atoms with Crippen LogP contribution in [0.3, 0.4) is 0 Å². The van der Waals surface area contributed by atoms with Crippen molar-refractivity contribution < 1.29 is 21.6 Å². The van der Waals surface area contributed by atoms with Crippen LogP contribution in [0.15, 0.2) is 47.6 Å². The summed E-state index contributed by atoms with van der Waals surface area (Å²) in [6.45, 7) is 0. The van der Waals surface area contributed by atoms with Crippen molar-refractivity contribution in [2.24, 2.45) is 0 Å². The number of sulfone groups is 1. The molecule has 0 spiro atoms. The zero-order chi connectivity index (χ0) is 15.7. The number of alkyl halides is 3. The van der Waals surface area contributed by atoms with Crippen molar-refractivity contribution in [3.63, 3.8) is 0 Å². The van der Waals surface area contributed by atoms with Crippen molar-refractivity contribution in [2.45, 2.75) is 16.8 Å². The summed E-state index contributed by atoms with van der Waals surface area (Å²) in [7, 11) is -3.83. The van der Waals surface area contributed by atoms with Crippen LogP contribution in [0.25, 0.3) is 0 Å². The lowest BCUT2D eigenvalue weighted by atomic mass is 10.2. The molecule has 112 valence electrons. The molecule has 0 saturated carbocycles. The number of nitrogens with zero attached hydrogens (tertiary/aromatic N) is 1. The van der Waals surface area contributed by atoms with E-state index in [2.05, 4.69) is 4.98 Å². The Balaban J connectivity index is 2.37. The second-order valence-corrected chi connectivity index (χ2v) is 6.32. The molecule has 8 heteroatoms. The third-order valence-electron chi connectivity index (χ3n) is 2.78. The van der Waals surface area contributed by atoms with E-state index < -0.39 is 27.3 Å². The largest absolute Gasteiger partial charge is 0.416 e. The summed E-state index contributed by atoms with van der Waals surface area (Å²) < 4.78 is 62.0. The predicted octanol–water partition coefficient (Wildman–Crippen LogP) is 2.66. The van der Waals surface area contributed by atoms with E-state index in [0.29, 0.717) is 17.7 Å². The molecule has 1 heterocycles. The number of nitrogen functional groups attached to an aromatic ring is 1. The molecule has 2 aromatic rings. The normalized spacial score (nSPS) is 12.3. The first-order valence-electron chi connectivity index (χ1n) is 5.78. The van der Waals surface area contributed by atoms with Crippen molar-refractivity contribution in [1.82, 2.24) is 4.98 Å². The Bertz CT molecular complexity index is 744. The molecule has 0 amide bonds. The van der Waals surface area contributed by atoms with Gasteiger partial charge in [-0.1, -0.05) is 0 Å². The van der Waals surface area contributed by atoms with Gasteiger partial charge in [-0.25, -0.2) is 8.42 Å². The van der Waals surface area contributed by atoms with E-state index in [-0.39, 0.29) is 10.6 Å². The maximum Gasteiger partial charge on any atom is 0.416 e. The average molecular weight is 316 g/mol. The van der Waals surface area contributed by atoms with Crippen LogP contribution in [0.4, 0.5) is 18.9 Å². The molecule has 0 aliphatic heterocycles. The minimum Gasteiger partial charge on any atom is -0.398 e. The van der Waals surface area contributed by atoms with Gasteiger partial charge in [0.05, 0.1) is 21.9 Å². The molecule has 1 aromatic heterocycles. The number of benzene rings is 1. The molecule has 0 bridgehead atoms. The van der Waals surface area contributed by atoms with Crippen LogP contribution in [0, 0.1) is 0 Å². The Morgan fingerprint density at radius 3 is 2.24 bits per heavy atom. The lowest BCUT2D eigenvalue weighted by Gasteiger charge is -2.11. The van der Waals surface area contributed by atoms with Crippen LogP contribution < -0.4 is 5.73 Å². The predicted molar refractivity (Wildman–Crippen MR) is 71.0 cm³/mol. The molecule has 0 saturated heterocycles. The van der Waals surface area contributed by atoms with Crippen molar-refractivity contribution >= 4 is 15.5 Å². The topological polar surface area (TPSA) is 73.1 Å². The molecule has 0 atom stereocenters. The summed E-state index contributed by atoms with van der Waals surface area (Å²) in [5.74, 6) is -0.356. The summed E-state index contributed by atoms with van der Waals surface area (Å²) in [5, 5.41) is 0. The van der Waals surface area contributed by atoms with Gasteiger partial charge in [0.2, 0.25) is 0 Å². The zero-order valence-electron chi connectivity index (χ0n) is 10.6. The molecule has 0 fully saturated rings. The third kappa shape index (κ3) is 3.52. The minimum absolute atomic E-state index is 0.313. The first-order chi connectivity index (χ1) is 9.70. The van der Waals surface area contributed by atoms with Crippen LogP contribution in [0.1, 0.15) is 11.1 Å². The fourth-order valence-corrected chi connectivity index (χ4v) is 3.26. The second kappa shape index (κ2) is 5.36. The van der Waals surface area contributed by atoms with Crippen LogP contribution in [0.2, 0.25) is 0 Å². The Morgan fingerprint density at radius 1 is 1.10 bits per heavy atom. The highest BCUT2D eigenvalue weighted by Gasteiger charge is 2.31. The molecular weight excluding hydrogens is 305 g/mol. The third-order valence-corrected chi connectivity index (χ3v) is 4.53. The van der Waals surface area contributed by atoms with Gasteiger partial charge in [0.15, 0.2) is 9.84 Å². The van der Waals surface area contributed by atoms with Crippen molar-refractivity contribution in [1.29, 1.82) is 0 Å². The highest BCUT2D eigenvalue weighted by Crippen LogP contribution is 2.33. The number of nitrogens with two attached hydrogens (primary N) is 1. The van der Waals surface area contributed by atoms with E-state index in [4.69, 9.17) is 5.73 Å². The molecule has 4 nitrogen and oxygen atoms in total. The number of hydrogen-bond donors (Lipinski definition) is 1. The quantitative estimate of drug-likeness (QED) is 0.884. The average Bonchev–Trinajstić information content (AvgIpc) is 2.37. The van der Waals surface area contributed by atoms with Crippen LogP contribution >= 0.6 is 0 Å². The highest BCUT2D eigenvalue weighted by atomic mass is 32.2. The first-order valence-corrected chi connectivity index (χ1v) is 7.44. The van der Waals surface area contributed by atoms with E-state index in [1.54, 1.807) is 0 Å². The summed E-state index contributed by atoms with van der Waals surface area (Å²) in [6.07, 6.45) is -1.70. The van der Waals surface area contributed by atoms with E-state index >= 15 is 0 Å². The number of hydrogen-bond acceptors (Lipinski definition) is 4. The Morgan fingerprint density at radius 2 is 1.71 bits per heavy atom. The van der Waals surface area contributed by atoms with Crippen LogP contribution in [-0.4, -0.2) is 13.4 Å². The second-order valence-electron chi connectivity index (χ2n) is 4.36. The maximum atomic E-state index is 12.5. The van der Waals surface area contributed by atoms with Gasteiger partial charge in [-0.05, 0) is 35.9 Å². The van der Waals surface area contributed by atoms with Crippen LogP contribution in [0.5, 0.6) is 0 Å². The van der Waals surface area contributed by atoms with Gasteiger partial charge in [-0.2, -0.15) is 13.2 Å². The molecule has 2 rings (SSSR count). The smallest absolute Gasteiger partial charge is 0.398 e. The molecule has 0 aliphatic carbocycles. The fraction of sp³-hybridized carbons (Fsp3) is 0.154. The molecule has 1 aromatic carbocycles. The van der Waals surface area contributed by atoms with Gasteiger partial charge in [-0.15, -0.1) is 0 Å². The summed E-state index contributed by atoms with van der Waals surface area (Å²) >= 11 is 0. The lowest BCUT2D eigenvalue weighted by Crippen LogP contribution is -2.11. The molecule has 0 unspecified atom stereocenters. The van der Waals surface area contributed by atoms with E-state index in [1.807, 2.05) is 0 Å². The van der Waals surface area contributed by atoms with Gasteiger partial charge < -0.3 is 5.73 Å². The van der Waals surface area contributed by atoms with Gasteiger partial charge in [0, 0.05) is 12.4 Å². The van der Waals surface area contributed by atoms with Crippen LogP contribution in [-0.2, 0) is 21.8 Å². The Kier molecular flexibility index (Phi) is 3.91. The Hall–Kier alpha value is -2.09. The van der Waals surface area contributed by atoms with Crippen molar-refractivity contribution in [3.8, 4) is 0 Å². The SMILES string of the molecule is Nc1cc(C(F)(F)F)ccc1S(=O)(=O)Cc1ccncc1. The number of pyridine rings is 1. The van der Waals surface area contributed by atoms with Gasteiger partial charge >= 0.3 is 6.18 Å². The highest BCUT2D eigenvalue weighted by molar-refractivity contribution is 7.90. The number of rotatable bonds is 3. The van der Waals surface area contributed by atoms with Gasteiger partial charge in [0.1, 0.15) is 0 Å². The summed E-state index contributed by atoms with van der Waals surface area (Å²) in [5.41, 5.74) is 4.54. The number of aromatic nitrogens is 1. The fourth-order valence-electron chi connectivity index (χ4n) is 1.78.